The van der Waals surface area contributed by atoms with E-state index in [-0.39, 0.29) is 10.9 Å². The Labute approximate surface area is 120 Å². The third-order valence-electron chi connectivity index (χ3n) is 2.83. The maximum absolute atomic E-state index is 12.3. The van der Waals surface area contributed by atoms with Crippen molar-refractivity contribution >= 4 is 26.0 Å². The second-order valence-electron chi connectivity index (χ2n) is 4.11. The molecule has 8 heteroatoms. The molecule has 0 amide bonds. The van der Waals surface area contributed by atoms with Crippen molar-refractivity contribution in [3.8, 4) is 11.5 Å². The van der Waals surface area contributed by atoms with Gasteiger partial charge in [-0.15, -0.1) is 0 Å². The average molecular weight is 351 g/mol. The fourth-order valence-corrected chi connectivity index (χ4v) is 3.97. The molecule has 0 atom stereocenters. The number of halogens is 1. The van der Waals surface area contributed by atoms with Gasteiger partial charge in [0.05, 0.1) is 14.2 Å². The Morgan fingerprint density at radius 1 is 1.26 bits per heavy atom. The Bertz CT molecular complexity index is 572. The summed E-state index contributed by atoms with van der Waals surface area (Å²) < 4.78 is 37.8. The fraction of sp³-hybridized carbons (Fsp3) is 0.455. The Hall–Kier alpha value is -0.830. The summed E-state index contributed by atoms with van der Waals surface area (Å²) in [5.41, 5.74) is 0. The summed E-state index contributed by atoms with van der Waals surface area (Å²) in [4.78, 5) is 0.136. The van der Waals surface area contributed by atoms with E-state index < -0.39 is 10.0 Å². The van der Waals surface area contributed by atoms with Gasteiger partial charge in [0, 0.05) is 29.7 Å². The van der Waals surface area contributed by atoms with Crippen LogP contribution in [0.25, 0.3) is 0 Å². The van der Waals surface area contributed by atoms with E-state index in [1.54, 1.807) is 6.07 Å². The summed E-state index contributed by atoms with van der Waals surface area (Å²) in [7, 11) is -0.621. The van der Waals surface area contributed by atoms with Crippen molar-refractivity contribution in [3.05, 3.63) is 16.6 Å². The molecule has 1 aromatic carbocycles. The molecule has 0 spiro atoms. The molecule has 0 radical (unpaired) electrons. The highest BCUT2D eigenvalue weighted by molar-refractivity contribution is 9.10. The monoisotopic (exact) mass is 350 g/mol. The minimum atomic E-state index is -3.58. The molecule has 0 bridgehead atoms. The van der Waals surface area contributed by atoms with Gasteiger partial charge < -0.3 is 14.8 Å². The number of nitrogens with one attached hydrogen (secondary N) is 2. The minimum absolute atomic E-state index is 0.0648. The van der Waals surface area contributed by atoms with Crippen molar-refractivity contribution in [1.29, 1.82) is 0 Å². The van der Waals surface area contributed by atoms with Gasteiger partial charge in [-0.1, -0.05) is 0 Å². The molecule has 6 nitrogen and oxygen atoms in total. The number of sulfonamides is 1. The summed E-state index contributed by atoms with van der Waals surface area (Å²) in [5.74, 6) is 0.844. The maximum atomic E-state index is 12.3. The van der Waals surface area contributed by atoms with Crippen molar-refractivity contribution in [3.63, 3.8) is 0 Å². The van der Waals surface area contributed by atoms with E-state index >= 15 is 0 Å². The largest absolute Gasteiger partial charge is 0.493 e. The molecule has 0 aliphatic carbocycles. The molecular weight excluding hydrogens is 336 g/mol. The van der Waals surface area contributed by atoms with Crippen LogP contribution >= 0.6 is 15.9 Å². The number of methoxy groups -OCH3 is 2. The molecule has 0 aromatic heterocycles. The summed E-state index contributed by atoms with van der Waals surface area (Å²) >= 11 is 3.25. The number of ether oxygens (including phenoxy) is 2. The lowest BCUT2D eigenvalue weighted by Gasteiger charge is -2.27. The third kappa shape index (κ3) is 3.02. The zero-order chi connectivity index (χ0) is 14.0. The van der Waals surface area contributed by atoms with Crippen molar-refractivity contribution in [1.82, 2.24) is 10.0 Å². The van der Waals surface area contributed by atoms with Crippen LogP contribution in [-0.2, 0) is 10.0 Å². The van der Waals surface area contributed by atoms with Crippen LogP contribution in [0.1, 0.15) is 0 Å². The predicted molar refractivity (Wildman–Crippen MR) is 74.2 cm³/mol. The van der Waals surface area contributed by atoms with Crippen LogP contribution in [0.2, 0.25) is 0 Å². The van der Waals surface area contributed by atoms with Gasteiger partial charge in [-0.25, -0.2) is 13.1 Å². The Morgan fingerprint density at radius 2 is 1.84 bits per heavy atom. The van der Waals surface area contributed by atoms with Crippen LogP contribution in [0.15, 0.2) is 21.5 Å². The lowest BCUT2D eigenvalue weighted by molar-refractivity contribution is 0.353. The molecule has 106 valence electrons. The van der Waals surface area contributed by atoms with Gasteiger partial charge in [0.15, 0.2) is 11.5 Å². The molecule has 1 aromatic rings. The van der Waals surface area contributed by atoms with E-state index in [1.807, 2.05) is 0 Å². The van der Waals surface area contributed by atoms with E-state index in [0.29, 0.717) is 29.1 Å². The molecule has 1 aliphatic rings. The smallest absolute Gasteiger partial charge is 0.242 e. The quantitative estimate of drug-likeness (QED) is 0.818. The average Bonchev–Trinajstić information content (AvgIpc) is 2.33. The van der Waals surface area contributed by atoms with E-state index in [0.717, 1.165) is 0 Å². The first-order valence-corrected chi connectivity index (χ1v) is 7.90. The van der Waals surface area contributed by atoms with Gasteiger partial charge in [-0.3, -0.25) is 0 Å². The number of hydrogen-bond donors (Lipinski definition) is 2. The topological polar surface area (TPSA) is 76.7 Å². The van der Waals surface area contributed by atoms with Crippen LogP contribution in [0.4, 0.5) is 0 Å². The molecule has 2 N–H and O–H groups in total. The molecule has 2 rings (SSSR count). The predicted octanol–water partition coefficient (Wildman–Crippen LogP) is 0.716. The van der Waals surface area contributed by atoms with Crippen molar-refractivity contribution in [2.45, 2.75) is 10.9 Å². The van der Waals surface area contributed by atoms with Gasteiger partial charge in [0.2, 0.25) is 10.0 Å². The van der Waals surface area contributed by atoms with Crippen LogP contribution < -0.4 is 19.5 Å². The Balaban J connectivity index is 2.37. The summed E-state index contributed by atoms with van der Waals surface area (Å²) in [6, 6.07) is 2.95. The molecule has 0 unspecified atom stereocenters. The fourth-order valence-electron chi connectivity index (χ4n) is 1.70. The summed E-state index contributed by atoms with van der Waals surface area (Å²) in [6.45, 7) is 1.29. The van der Waals surface area contributed by atoms with Crippen molar-refractivity contribution < 1.29 is 17.9 Å². The lowest BCUT2D eigenvalue weighted by atomic mass is 10.2. The second kappa shape index (κ2) is 5.66. The van der Waals surface area contributed by atoms with Gasteiger partial charge in [0.25, 0.3) is 0 Å². The zero-order valence-electron chi connectivity index (χ0n) is 10.6. The normalized spacial score (nSPS) is 15.9. The number of benzene rings is 1. The first kappa shape index (κ1) is 14.6. The van der Waals surface area contributed by atoms with E-state index in [4.69, 9.17) is 9.47 Å². The van der Waals surface area contributed by atoms with Gasteiger partial charge in [-0.05, 0) is 22.0 Å². The standard InChI is InChI=1S/C11H15BrN2O4S/c1-17-9-3-8(12)11(4-10(9)18-2)19(15,16)14-7-5-13-6-7/h3-4,7,13-14H,5-6H2,1-2H3. The van der Waals surface area contributed by atoms with Gasteiger partial charge in [-0.2, -0.15) is 0 Å². The minimum Gasteiger partial charge on any atom is -0.493 e. The third-order valence-corrected chi connectivity index (χ3v) is 5.31. The zero-order valence-corrected chi connectivity index (χ0v) is 13.0. The van der Waals surface area contributed by atoms with E-state index in [9.17, 15) is 8.42 Å². The lowest BCUT2D eigenvalue weighted by Crippen LogP contribution is -2.56. The van der Waals surface area contributed by atoms with Crippen molar-refractivity contribution in [2.75, 3.05) is 27.3 Å². The molecule has 1 saturated heterocycles. The molecule has 19 heavy (non-hydrogen) atoms. The van der Waals surface area contributed by atoms with Crippen LogP contribution in [0, 0.1) is 0 Å². The number of hydrogen-bond acceptors (Lipinski definition) is 5. The highest BCUT2D eigenvalue weighted by Crippen LogP contribution is 2.35. The first-order valence-electron chi connectivity index (χ1n) is 5.62. The molecule has 0 saturated carbocycles. The van der Waals surface area contributed by atoms with Crippen LogP contribution in [-0.4, -0.2) is 41.8 Å². The Kier molecular flexibility index (Phi) is 4.34. The summed E-state index contributed by atoms with van der Waals surface area (Å²) in [6.07, 6.45) is 0. The highest BCUT2D eigenvalue weighted by Gasteiger charge is 2.27. The van der Waals surface area contributed by atoms with Crippen LogP contribution in [0.5, 0.6) is 11.5 Å². The molecule has 1 aliphatic heterocycles. The highest BCUT2D eigenvalue weighted by atomic mass is 79.9. The first-order chi connectivity index (χ1) is 8.97. The number of rotatable bonds is 5. The molecule has 1 fully saturated rings. The molecule has 1 heterocycles. The van der Waals surface area contributed by atoms with E-state index in [1.165, 1.54) is 20.3 Å². The van der Waals surface area contributed by atoms with Gasteiger partial charge >= 0.3 is 0 Å². The SMILES string of the molecule is COc1cc(Br)c(S(=O)(=O)NC2CNC2)cc1OC. The molecular formula is C11H15BrN2O4S. The summed E-state index contributed by atoms with van der Waals surface area (Å²) in [5, 5.41) is 3.01. The van der Waals surface area contributed by atoms with Gasteiger partial charge in [0.1, 0.15) is 4.90 Å². The van der Waals surface area contributed by atoms with Crippen molar-refractivity contribution in [2.24, 2.45) is 0 Å². The Morgan fingerprint density at radius 3 is 2.32 bits per heavy atom. The maximum Gasteiger partial charge on any atom is 0.242 e. The van der Waals surface area contributed by atoms with Crippen LogP contribution in [0.3, 0.4) is 0 Å². The van der Waals surface area contributed by atoms with E-state index in [2.05, 4.69) is 26.0 Å². The second-order valence-corrected chi connectivity index (χ2v) is 6.65.